The standard InChI is InChI=1S/C10H18F3NOS/c1-2-14-9-3-5-15-7-8(9)4-6-16-10(11,12)13/h8-9,14H,2-7H2,1H3. The molecule has 0 radical (unpaired) electrons. The fourth-order valence-electron chi connectivity index (χ4n) is 1.94. The molecule has 16 heavy (non-hydrogen) atoms. The van der Waals surface area contributed by atoms with Crippen LogP contribution in [0, 0.1) is 5.92 Å². The summed E-state index contributed by atoms with van der Waals surface area (Å²) in [5.41, 5.74) is -4.11. The highest BCUT2D eigenvalue weighted by Gasteiger charge is 2.30. The van der Waals surface area contributed by atoms with Crippen molar-refractivity contribution in [2.24, 2.45) is 5.92 Å². The average molecular weight is 257 g/mol. The first-order chi connectivity index (χ1) is 7.53. The molecule has 1 aliphatic rings. The Morgan fingerprint density at radius 1 is 1.44 bits per heavy atom. The molecule has 1 heterocycles. The third-order valence-electron chi connectivity index (χ3n) is 2.69. The van der Waals surface area contributed by atoms with E-state index < -0.39 is 5.51 Å². The molecule has 1 N–H and O–H groups in total. The number of ether oxygens (including phenoxy) is 1. The lowest BCUT2D eigenvalue weighted by molar-refractivity contribution is -0.0330. The van der Waals surface area contributed by atoms with Crippen LogP contribution in [0.1, 0.15) is 19.8 Å². The van der Waals surface area contributed by atoms with Crippen LogP contribution in [-0.4, -0.2) is 37.1 Å². The van der Waals surface area contributed by atoms with Crippen LogP contribution < -0.4 is 5.32 Å². The molecule has 0 aromatic heterocycles. The largest absolute Gasteiger partial charge is 0.441 e. The first kappa shape index (κ1) is 14.1. The summed E-state index contributed by atoms with van der Waals surface area (Å²) in [6.07, 6.45) is 1.46. The minimum Gasteiger partial charge on any atom is -0.381 e. The summed E-state index contributed by atoms with van der Waals surface area (Å²) in [7, 11) is 0. The van der Waals surface area contributed by atoms with E-state index in [1.54, 1.807) is 0 Å². The second kappa shape index (κ2) is 6.71. The van der Waals surface area contributed by atoms with Crippen molar-refractivity contribution in [1.82, 2.24) is 5.32 Å². The molecular weight excluding hydrogens is 239 g/mol. The van der Waals surface area contributed by atoms with E-state index in [0.717, 1.165) is 13.0 Å². The van der Waals surface area contributed by atoms with Gasteiger partial charge >= 0.3 is 5.51 Å². The maximum absolute atomic E-state index is 12.0. The predicted octanol–water partition coefficient (Wildman–Crippen LogP) is 2.64. The van der Waals surface area contributed by atoms with E-state index in [-0.39, 0.29) is 23.4 Å². The van der Waals surface area contributed by atoms with Crippen LogP contribution in [0.15, 0.2) is 0 Å². The van der Waals surface area contributed by atoms with Gasteiger partial charge in [-0.1, -0.05) is 18.7 Å². The summed E-state index contributed by atoms with van der Waals surface area (Å²) < 4.78 is 41.2. The van der Waals surface area contributed by atoms with Crippen molar-refractivity contribution in [3.8, 4) is 0 Å². The third kappa shape index (κ3) is 5.41. The zero-order valence-corrected chi connectivity index (χ0v) is 10.2. The summed E-state index contributed by atoms with van der Waals surface area (Å²) >= 11 is 0.0640. The Morgan fingerprint density at radius 3 is 2.81 bits per heavy atom. The van der Waals surface area contributed by atoms with Crippen LogP contribution in [0.25, 0.3) is 0 Å². The molecule has 0 spiro atoms. The van der Waals surface area contributed by atoms with E-state index in [1.165, 1.54) is 0 Å². The number of hydrogen-bond donors (Lipinski definition) is 1. The second-order valence-corrected chi connectivity index (χ2v) is 5.03. The normalized spacial score (nSPS) is 27.0. The molecule has 1 rings (SSSR count). The number of rotatable bonds is 5. The molecule has 2 atom stereocenters. The number of alkyl halides is 3. The number of hydrogen-bond acceptors (Lipinski definition) is 3. The lowest BCUT2D eigenvalue weighted by atomic mass is 9.93. The zero-order chi connectivity index (χ0) is 12.0. The third-order valence-corrected chi connectivity index (χ3v) is 3.46. The lowest BCUT2D eigenvalue weighted by Gasteiger charge is -2.32. The van der Waals surface area contributed by atoms with Gasteiger partial charge in [0.1, 0.15) is 0 Å². The van der Waals surface area contributed by atoms with Crippen LogP contribution in [0.2, 0.25) is 0 Å². The van der Waals surface area contributed by atoms with Crippen molar-refractivity contribution in [3.63, 3.8) is 0 Å². The van der Waals surface area contributed by atoms with Gasteiger partial charge in [0, 0.05) is 18.4 Å². The van der Waals surface area contributed by atoms with Crippen molar-refractivity contribution < 1.29 is 17.9 Å². The van der Waals surface area contributed by atoms with Gasteiger partial charge in [-0.25, -0.2) is 0 Å². The van der Waals surface area contributed by atoms with Crippen molar-refractivity contribution >= 4 is 11.8 Å². The Hall–Kier alpha value is 0.0600. The molecule has 0 bridgehead atoms. The van der Waals surface area contributed by atoms with Crippen molar-refractivity contribution in [2.75, 3.05) is 25.5 Å². The highest BCUT2D eigenvalue weighted by atomic mass is 32.2. The fraction of sp³-hybridized carbons (Fsp3) is 1.00. The van der Waals surface area contributed by atoms with E-state index in [2.05, 4.69) is 5.32 Å². The van der Waals surface area contributed by atoms with Gasteiger partial charge < -0.3 is 10.1 Å². The first-order valence-corrected chi connectivity index (χ1v) is 6.53. The highest BCUT2D eigenvalue weighted by Crippen LogP contribution is 2.32. The van der Waals surface area contributed by atoms with E-state index in [0.29, 0.717) is 25.7 Å². The summed E-state index contributed by atoms with van der Waals surface area (Å²) in [6, 6.07) is 0.313. The van der Waals surface area contributed by atoms with Gasteiger partial charge in [0.15, 0.2) is 0 Å². The second-order valence-electron chi connectivity index (χ2n) is 3.87. The van der Waals surface area contributed by atoms with Gasteiger partial charge in [-0.05, 0) is 25.3 Å². The minimum absolute atomic E-state index is 0.0640. The molecule has 2 nitrogen and oxygen atoms in total. The van der Waals surface area contributed by atoms with Crippen molar-refractivity contribution in [2.45, 2.75) is 31.3 Å². The molecule has 0 amide bonds. The lowest BCUT2D eigenvalue weighted by Crippen LogP contribution is -2.42. The van der Waals surface area contributed by atoms with Crippen LogP contribution in [0.3, 0.4) is 0 Å². The van der Waals surface area contributed by atoms with Gasteiger partial charge in [0.05, 0.1) is 6.61 Å². The Morgan fingerprint density at radius 2 is 2.19 bits per heavy atom. The predicted molar refractivity (Wildman–Crippen MR) is 59.5 cm³/mol. The van der Waals surface area contributed by atoms with Gasteiger partial charge in [0.25, 0.3) is 0 Å². The van der Waals surface area contributed by atoms with Crippen molar-refractivity contribution in [3.05, 3.63) is 0 Å². The molecule has 1 aliphatic heterocycles. The smallest absolute Gasteiger partial charge is 0.381 e. The molecule has 2 unspecified atom stereocenters. The first-order valence-electron chi connectivity index (χ1n) is 5.54. The summed E-state index contributed by atoms with van der Waals surface area (Å²) in [5.74, 6) is 0.336. The van der Waals surface area contributed by atoms with E-state index in [1.807, 2.05) is 6.92 Å². The Kier molecular flexibility index (Phi) is 5.92. The van der Waals surface area contributed by atoms with Crippen LogP contribution in [-0.2, 0) is 4.74 Å². The van der Waals surface area contributed by atoms with E-state index in [4.69, 9.17) is 4.74 Å². The molecule has 0 aliphatic carbocycles. The summed E-state index contributed by atoms with van der Waals surface area (Å²) in [6.45, 7) is 4.15. The molecule has 1 fully saturated rings. The number of halogens is 3. The van der Waals surface area contributed by atoms with Crippen LogP contribution in [0.5, 0.6) is 0 Å². The Labute approximate surface area is 98.3 Å². The molecule has 0 aromatic rings. The molecule has 0 saturated carbocycles. The zero-order valence-electron chi connectivity index (χ0n) is 9.35. The molecular formula is C10H18F3NOS. The topological polar surface area (TPSA) is 21.3 Å². The summed E-state index contributed by atoms with van der Waals surface area (Å²) in [5, 5.41) is 3.31. The Bertz CT molecular complexity index is 199. The monoisotopic (exact) mass is 257 g/mol. The quantitative estimate of drug-likeness (QED) is 0.818. The number of thioether (sulfide) groups is 1. The van der Waals surface area contributed by atoms with E-state index >= 15 is 0 Å². The van der Waals surface area contributed by atoms with Gasteiger partial charge in [-0.3, -0.25) is 0 Å². The molecule has 96 valence electrons. The maximum Gasteiger partial charge on any atom is 0.441 e. The van der Waals surface area contributed by atoms with Crippen LogP contribution >= 0.6 is 11.8 Å². The molecule has 6 heteroatoms. The SMILES string of the molecule is CCNC1CCOCC1CCSC(F)(F)F. The fourth-order valence-corrected chi connectivity index (χ4v) is 2.59. The molecule has 0 aromatic carbocycles. The van der Waals surface area contributed by atoms with Gasteiger partial charge in [0.2, 0.25) is 0 Å². The van der Waals surface area contributed by atoms with Crippen LogP contribution in [0.4, 0.5) is 13.2 Å². The van der Waals surface area contributed by atoms with Gasteiger partial charge in [-0.15, -0.1) is 0 Å². The van der Waals surface area contributed by atoms with Gasteiger partial charge in [-0.2, -0.15) is 13.2 Å². The average Bonchev–Trinajstić information content (AvgIpc) is 2.19. The minimum atomic E-state index is -4.11. The Balaban J connectivity index is 2.27. The number of nitrogens with one attached hydrogen (secondary N) is 1. The van der Waals surface area contributed by atoms with E-state index in [9.17, 15) is 13.2 Å². The van der Waals surface area contributed by atoms with Crippen molar-refractivity contribution in [1.29, 1.82) is 0 Å². The molecule has 1 saturated heterocycles. The maximum atomic E-state index is 12.0. The highest BCUT2D eigenvalue weighted by molar-refractivity contribution is 8.00. The summed E-state index contributed by atoms with van der Waals surface area (Å²) in [4.78, 5) is 0.